The van der Waals surface area contributed by atoms with Crippen molar-refractivity contribution in [2.75, 3.05) is 0 Å². The molecule has 2 nitrogen and oxygen atoms in total. The van der Waals surface area contributed by atoms with Gasteiger partial charge in [0, 0.05) is 0 Å². The molecule has 4 heteroatoms. The van der Waals surface area contributed by atoms with Crippen molar-refractivity contribution in [2.45, 2.75) is 6.92 Å². The second kappa shape index (κ2) is 5.42. The van der Waals surface area contributed by atoms with Crippen molar-refractivity contribution in [1.82, 2.24) is 0 Å². The Hall–Kier alpha value is -1.51. The number of halogens is 2. The number of carbonyl (C=O) groups excluding carboxylic acids is 1. The van der Waals surface area contributed by atoms with Gasteiger partial charge in [-0.3, -0.25) is 0 Å². The normalized spacial score (nSPS) is 10.2. The Morgan fingerprint density at radius 2 is 1.83 bits per heavy atom. The minimum atomic E-state index is -0.456. The van der Waals surface area contributed by atoms with Gasteiger partial charge < -0.3 is 4.74 Å². The zero-order chi connectivity index (χ0) is 13.1. The van der Waals surface area contributed by atoms with Crippen LogP contribution in [0.4, 0.5) is 0 Å². The molecular formula is C14H10Cl2O2. The van der Waals surface area contributed by atoms with Gasteiger partial charge in [-0.2, -0.15) is 0 Å². The summed E-state index contributed by atoms with van der Waals surface area (Å²) in [5, 5.41) is 0.589. The lowest BCUT2D eigenvalue weighted by atomic mass is 10.1. The summed E-state index contributed by atoms with van der Waals surface area (Å²) in [6.07, 6.45) is 0. The van der Waals surface area contributed by atoms with Gasteiger partial charge >= 0.3 is 5.97 Å². The number of ether oxygens (including phenoxy) is 1. The second-order valence-corrected chi connectivity index (χ2v) is 4.60. The first-order valence-corrected chi connectivity index (χ1v) is 6.06. The molecule has 0 aromatic heterocycles. The lowest BCUT2D eigenvalue weighted by Crippen LogP contribution is -2.08. The topological polar surface area (TPSA) is 26.3 Å². The maximum absolute atomic E-state index is 11.9. The standard InChI is InChI=1S/C14H10Cl2O2/c1-9-4-2-5-10(8-9)14(17)18-12-7-3-6-11(15)13(12)16/h2-8H,1H3. The molecule has 0 atom stereocenters. The van der Waals surface area contributed by atoms with E-state index in [1.54, 1.807) is 36.4 Å². The Balaban J connectivity index is 2.24. The van der Waals surface area contributed by atoms with Crippen LogP contribution in [0.25, 0.3) is 0 Å². The van der Waals surface area contributed by atoms with Gasteiger partial charge in [0.05, 0.1) is 10.6 Å². The van der Waals surface area contributed by atoms with Crippen LogP contribution in [0.3, 0.4) is 0 Å². The molecule has 92 valence electrons. The highest BCUT2D eigenvalue weighted by Crippen LogP contribution is 2.31. The first kappa shape index (κ1) is 12.9. The van der Waals surface area contributed by atoms with Crippen molar-refractivity contribution in [3.63, 3.8) is 0 Å². The van der Waals surface area contributed by atoms with Gasteiger partial charge in [0.15, 0.2) is 5.75 Å². The molecule has 0 aliphatic rings. The lowest BCUT2D eigenvalue weighted by molar-refractivity contribution is 0.0735. The summed E-state index contributed by atoms with van der Waals surface area (Å²) in [4.78, 5) is 11.9. The number of rotatable bonds is 2. The highest BCUT2D eigenvalue weighted by molar-refractivity contribution is 6.43. The van der Waals surface area contributed by atoms with Gasteiger partial charge in [0.1, 0.15) is 5.02 Å². The molecule has 18 heavy (non-hydrogen) atoms. The molecule has 2 rings (SSSR count). The quantitative estimate of drug-likeness (QED) is 0.597. The Morgan fingerprint density at radius 3 is 2.56 bits per heavy atom. The highest BCUT2D eigenvalue weighted by Gasteiger charge is 2.12. The van der Waals surface area contributed by atoms with Crippen LogP contribution in [0.2, 0.25) is 10.0 Å². The van der Waals surface area contributed by atoms with Crippen LogP contribution in [0.1, 0.15) is 15.9 Å². The fourth-order valence-electron chi connectivity index (χ4n) is 1.49. The summed E-state index contributed by atoms with van der Waals surface area (Å²) in [6.45, 7) is 1.91. The largest absolute Gasteiger partial charge is 0.421 e. The summed E-state index contributed by atoms with van der Waals surface area (Å²) in [5.74, 6) is -0.196. The average Bonchev–Trinajstić information content (AvgIpc) is 2.35. The van der Waals surface area contributed by atoms with Crippen LogP contribution in [-0.2, 0) is 0 Å². The van der Waals surface area contributed by atoms with Gasteiger partial charge in [-0.1, -0.05) is 47.0 Å². The number of hydrogen-bond acceptors (Lipinski definition) is 2. The van der Waals surface area contributed by atoms with Gasteiger partial charge in [-0.15, -0.1) is 0 Å². The zero-order valence-corrected chi connectivity index (χ0v) is 11.1. The third-order valence-electron chi connectivity index (χ3n) is 2.37. The number of esters is 1. The monoisotopic (exact) mass is 280 g/mol. The Kier molecular flexibility index (Phi) is 3.90. The van der Waals surface area contributed by atoms with Gasteiger partial charge in [-0.05, 0) is 31.2 Å². The summed E-state index contributed by atoms with van der Waals surface area (Å²) in [6, 6.07) is 12.0. The molecule has 2 aromatic rings. The molecule has 0 radical (unpaired) electrons. The highest BCUT2D eigenvalue weighted by atomic mass is 35.5. The average molecular weight is 281 g/mol. The van der Waals surface area contributed by atoms with E-state index in [2.05, 4.69) is 0 Å². The van der Waals surface area contributed by atoms with E-state index in [-0.39, 0.29) is 10.8 Å². The minimum absolute atomic E-state index is 0.236. The Bertz CT molecular complexity index is 594. The van der Waals surface area contributed by atoms with Crippen molar-refractivity contribution in [1.29, 1.82) is 0 Å². The molecular weight excluding hydrogens is 271 g/mol. The van der Waals surface area contributed by atoms with Gasteiger partial charge in [0.2, 0.25) is 0 Å². The van der Waals surface area contributed by atoms with Crippen LogP contribution < -0.4 is 4.74 Å². The molecule has 0 aliphatic heterocycles. The molecule has 0 amide bonds. The third kappa shape index (κ3) is 2.84. The SMILES string of the molecule is Cc1cccc(C(=O)Oc2cccc(Cl)c2Cl)c1. The van der Waals surface area contributed by atoms with Crippen LogP contribution >= 0.6 is 23.2 Å². The molecule has 0 heterocycles. The van der Waals surface area contributed by atoms with Gasteiger partial charge in [0.25, 0.3) is 0 Å². The van der Waals surface area contributed by atoms with Crippen LogP contribution in [0.15, 0.2) is 42.5 Å². The van der Waals surface area contributed by atoms with E-state index in [1.807, 2.05) is 13.0 Å². The molecule has 2 aromatic carbocycles. The van der Waals surface area contributed by atoms with E-state index in [1.165, 1.54) is 0 Å². The maximum Gasteiger partial charge on any atom is 0.343 e. The lowest BCUT2D eigenvalue weighted by Gasteiger charge is -2.07. The summed E-state index contributed by atoms with van der Waals surface area (Å²) in [5.41, 5.74) is 1.47. The molecule has 0 saturated carbocycles. The molecule has 0 N–H and O–H groups in total. The van der Waals surface area contributed by atoms with Crippen molar-refractivity contribution < 1.29 is 9.53 Å². The number of carbonyl (C=O) groups is 1. The molecule has 0 aliphatic carbocycles. The number of aryl methyl sites for hydroxylation is 1. The predicted octanol–water partition coefficient (Wildman–Crippen LogP) is 4.52. The predicted molar refractivity (Wildman–Crippen MR) is 72.6 cm³/mol. The maximum atomic E-state index is 11.9. The van der Waals surface area contributed by atoms with Crippen molar-refractivity contribution in [2.24, 2.45) is 0 Å². The van der Waals surface area contributed by atoms with E-state index in [9.17, 15) is 4.79 Å². The Morgan fingerprint density at radius 1 is 1.11 bits per heavy atom. The first-order chi connectivity index (χ1) is 8.58. The first-order valence-electron chi connectivity index (χ1n) is 5.31. The summed E-state index contributed by atoms with van der Waals surface area (Å²) < 4.78 is 5.21. The number of hydrogen-bond donors (Lipinski definition) is 0. The molecule has 0 saturated heterocycles. The van der Waals surface area contributed by atoms with E-state index < -0.39 is 5.97 Å². The molecule has 0 unspecified atom stereocenters. The van der Waals surface area contributed by atoms with E-state index in [0.717, 1.165) is 5.56 Å². The van der Waals surface area contributed by atoms with Gasteiger partial charge in [-0.25, -0.2) is 4.79 Å². The minimum Gasteiger partial charge on any atom is -0.421 e. The molecule has 0 bridgehead atoms. The van der Waals surface area contributed by atoms with E-state index in [0.29, 0.717) is 10.6 Å². The van der Waals surface area contributed by atoms with E-state index >= 15 is 0 Å². The molecule has 0 spiro atoms. The smallest absolute Gasteiger partial charge is 0.343 e. The number of benzene rings is 2. The fraction of sp³-hybridized carbons (Fsp3) is 0.0714. The third-order valence-corrected chi connectivity index (χ3v) is 3.17. The summed E-state index contributed by atoms with van der Waals surface area (Å²) in [7, 11) is 0. The van der Waals surface area contributed by atoms with Crippen molar-refractivity contribution in [3.8, 4) is 5.75 Å². The molecule has 0 fully saturated rings. The second-order valence-electron chi connectivity index (χ2n) is 3.81. The summed E-state index contributed by atoms with van der Waals surface area (Å²) >= 11 is 11.8. The van der Waals surface area contributed by atoms with Crippen molar-refractivity contribution >= 4 is 29.2 Å². The van der Waals surface area contributed by atoms with E-state index in [4.69, 9.17) is 27.9 Å². The zero-order valence-electron chi connectivity index (χ0n) is 9.61. The Labute approximate surface area is 115 Å². The fourth-order valence-corrected chi connectivity index (χ4v) is 1.82. The van der Waals surface area contributed by atoms with Crippen LogP contribution in [0, 0.1) is 6.92 Å². The van der Waals surface area contributed by atoms with Crippen LogP contribution in [0.5, 0.6) is 5.75 Å². The van der Waals surface area contributed by atoms with Crippen molar-refractivity contribution in [3.05, 3.63) is 63.6 Å². The van der Waals surface area contributed by atoms with Crippen LogP contribution in [-0.4, -0.2) is 5.97 Å².